The molecule has 2 aliphatic heterocycles. The van der Waals surface area contributed by atoms with Gasteiger partial charge in [0.2, 0.25) is 0 Å². The van der Waals surface area contributed by atoms with E-state index in [1.54, 1.807) is 0 Å². The Morgan fingerprint density at radius 2 is 0.958 bits per heavy atom. The number of carbonyl (C=O) groups excluding carboxylic acids is 6. The number of rotatable bonds is 5. The van der Waals surface area contributed by atoms with Crippen molar-refractivity contribution in [1.82, 2.24) is 0 Å². The highest BCUT2D eigenvalue weighted by molar-refractivity contribution is 5.92. The van der Waals surface area contributed by atoms with Crippen LogP contribution < -0.4 is 0 Å². The van der Waals surface area contributed by atoms with Crippen molar-refractivity contribution in [3.63, 3.8) is 0 Å². The van der Waals surface area contributed by atoms with E-state index in [2.05, 4.69) is 9.68 Å². The molecule has 12 nitrogen and oxygen atoms in total. The van der Waals surface area contributed by atoms with Gasteiger partial charge in [-0.3, -0.25) is 0 Å². The molecular formula is C12H14N2O10+2. The van der Waals surface area contributed by atoms with Crippen molar-refractivity contribution in [3.8, 4) is 0 Å². The van der Waals surface area contributed by atoms with Gasteiger partial charge in [-0.1, -0.05) is 0 Å². The third-order valence-electron chi connectivity index (χ3n) is 3.46. The van der Waals surface area contributed by atoms with Crippen LogP contribution in [0, 0.1) is 0 Å². The maximum Gasteiger partial charge on any atom is 0.397 e. The van der Waals surface area contributed by atoms with Crippen molar-refractivity contribution in [3.05, 3.63) is 0 Å². The summed E-state index contributed by atoms with van der Waals surface area (Å²) in [6.07, 6.45) is -2.61. The minimum Gasteiger partial charge on any atom is -0.245 e. The highest BCUT2D eigenvalue weighted by Crippen LogP contribution is 2.23. The van der Waals surface area contributed by atoms with Crippen molar-refractivity contribution in [2.24, 2.45) is 0 Å². The number of hydroxylamine groups is 8. The van der Waals surface area contributed by atoms with Gasteiger partial charge in [0.15, 0.2) is 0 Å². The average Bonchev–Trinajstić information content (AvgIpc) is 2.90. The first-order valence-corrected chi connectivity index (χ1v) is 6.91. The molecular weight excluding hydrogens is 332 g/mol. The predicted molar refractivity (Wildman–Crippen MR) is 64.0 cm³/mol. The molecule has 2 saturated heterocycles. The van der Waals surface area contributed by atoms with E-state index in [1.807, 2.05) is 0 Å². The maximum atomic E-state index is 11.5. The molecule has 12 heteroatoms. The average molecular weight is 346 g/mol. The van der Waals surface area contributed by atoms with Crippen LogP contribution in [0.25, 0.3) is 0 Å². The Labute approximate surface area is 133 Å². The first kappa shape index (κ1) is 17.8. The zero-order valence-corrected chi connectivity index (χ0v) is 12.3. The van der Waals surface area contributed by atoms with Crippen LogP contribution in [0.4, 0.5) is 0 Å². The Hall–Kier alpha value is -2.54. The lowest BCUT2D eigenvalue weighted by molar-refractivity contribution is -1.12. The standard InChI is InChI=1S/C12H14N2O10/c15-7-1-2-8(16)13(7,21)23-11(19)5-6-12(20)24-14(22)9(17)3-4-10(14)18/h21-22H,1-6H2/q+2. The normalized spacial score (nSPS) is 21.9. The highest BCUT2D eigenvalue weighted by atomic mass is 17.0. The number of nitrogens with zero attached hydrogens (tertiary/aromatic N) is 2. The van der Waals surface area contributed by atoms with Gasteiger partial charge >= 0.3 is 35.6 Å². The second-order valence-corrected chi connectivity index (χ2v) is 5.15. The maximum absolute atomic E-state index is 11.5. The Bertz CT molecular complexity index is 566. The number of amides is 4. The van der Waals surface area contributed by atoms with Crippen molar-refractivity contribution in [2.75, 3.05) is 0 Å². The number of hydrogen-bond acceptors (Lipinski definition) is 10. The van der Waals surface area contributed by atoms with Gasteiger partial charge in [-0.05, 0) is 0 Å². The zero-order valence-electron chi connectivity index (χ0n) is 12.3. The summed E-state index contributed by atoms with van der Waals surface area (Å²) in [7, 11) is 0. The van der Waals surface area contributed by atoms with Crippen LogP contribution in [-0.4, -0.2) is 55.6 Å². The van der Waals surface area contributed by atoms with Gasteiger partial charge in [0.1, 0.15) is 9.62 Å². The van der Waals surface area contributed by atoms with E-state index in [1.165, 1.54) is 0 Å². The van der Waals surface area contributed by atoms with Crippen LogP contribution in [-0.2, 0) is 38.4 Å². The first-order valence-electron chi connectivity index (χ1n) is 6.91. The second-order valence-electron chi connectivity index (χ2n) is 5.15. The van der Waals surface area contributed by atoms with Gasteiger partial charge in [0, 0.05) is 0 Å². The zero-order chi connectivity index (χ0) is 18.1. The lowest BCUT2D eigenvalue weighted by atomic mass is 10.3. The Balaban J connectivity index is 1.87. The van der Waals surface area contributed by atoms with Gasteiger partial charge < -0.3 is 0 Å². The lowest BCUT2D eigenvalue weighted by Gasteiger charge is -2.16. The Kier molecular flexibility index (Phi) is 4.57. The molecule has 0 atom stereocenters. The number of hydrogen-bond donors (Lipinski definition) is 2. The third kappa shape index (κ3) is 3.07. The Morgan fingerprint density at radius 3 is 1.21 bits per heavy atom. The molecule has 0 saturated carbocycles. The molecule has 2 heterocycles. The van der Waals surface area contributed by atoms with E-state index >= 15 is 0 Å². The van der Waals surface area contributed by atoms with Crippen molar-refractivity contribution < 1.29 is 58.5 Å². The van der Waals surface area contributed by atoms with Crippen molar-refractivity contribution in [2.45, 2.75) is 38.5 Å². The highest BCUT2D eigenvalue weighted by Gasteiger charge is 2.56. The fourth-order valence-electron chi connectivity index (χ4n) is 2.11. The Morgan fingerprint density at radius 1 is 0.708 bits per heavy atom. The van der Waals surface area contributed by atoms with Crippen molar-refractivity contribution >= 4 is 35.6 Å². The monoisotopic (exact) mass is 346 g/mol. The summed E-state index contributed by atoms with van der Waals surface area (Å²) in [5.41, 5.74) is 0. The van der Waals surface area contributed by atoms with E-state index in [4.69, 9.17) is 0 Å². The smallest absolute Gasteiger partial charge is 0.245 e. The van der Waals surface area contributed by atoms with E-state index in [0.29, 0.717) is 0 Å². The molecule has 2 aliphatic rings. The van der Waals surface area contributed by atoms with E-state index < -0.39 is 58.0 Å². The van der Waals surface area contributed by atoms with Crippen LogP contribution in [0.1, 0.15) is 38.5 Å². The van der Waals surface area contributed by atoms with Crippen molar-refractivity contribution in [1.29, 1.82) is 0 Å². The summed E-state index contributed by atoms with van der Waals surface area (Å²) in [5, 5.41) is 19.3. The van der Waals surface area contributed by atoms with E-state index in [9.17, 15) is 39.2 Å². The summed E-state index contributed by atoms with van der Waals surface area (Å²) in [6, 6.07) is 0. The van der Waals surface area contributed by atoms with Crippen LogP contribution in [0.15, 0.2) is 0 Å². The van der Waals surface area contributed by atoms with E-state index in [-0.39, 0.29) is 25.7 Å². The minimum absolute atomic E-state index is 0.292. The van der Waals surface area contributed by atoms with Gasteiger partial charge in [0.25, 0.3) is 0 Å². The van der Waals surface area contributed by atoms with Crippen LogP contribution in [0.3, 0.4) is 0 Å². The number of carbonyl (C=O) groups is 6. The molecule has 2 fully saturated rings. The first-order chi connectivity index (χ1) is 11.1. The van der Waals surface area contributed by atoms with Gasteiger partial charge in [-0.2, -0.15) is 10.4 Å². The molecule has 0 aromatic heterocycles. The molecule has 0 spiro atoms. The molecule has 0 bridgehead atoms. The number of quaternary nitrogens is 2. The molecule has 130 valence electrons. The third-order valence-corrected chi connectivity index (χ3v) is 3.46. The molecule has 0 aromatic rings. The minimum atomic E-state index is -2.12. The fourth-order valence-corrected chi connectivity index (χ4v) is 2.11. The summed E-state index contributed by atoms with van der Waals surface area (Å²) in [6.45, 7) is 0. The molecule has 0 unspecified atom stereocenters. The van der Waals surface area contributed by atoms with Crippen LogP contribution >= 0.6 is 0 Å². The lowest BCUT2D eigenvalue weighted by Crippen LogP contribution is -2.51. The quantitative estimate of drug-likeness (QED) is 0.351. The van der Waals surface area contributed by atoms with Gasteiger partial charge in [-0.15, -0.1) is 0 Å². The molecule has 0 aromatic carbocycles. The van der Waals surface area contributed by atoms with Crippen LogP contribution in [0.5, 0.6) is 0 Å². The van der Waals surface area contributed by atoms with E-state index in [0.717, 1.165) is 0 Å². The molecule has 0 aliphatic carbocycles. The van der Waals surface area contributed by atoms with Gasteiger partial charge in [0.05, 0.1) is 38.5 Å². The topological polar surface area (TPSA) is 161 Å². The molecule has 24 heavy (non-hydrogen) atoms. The predicted octanol–water partition coefficient (Wildman–Crippen LogP) is -1.21. The summed E-state index contributed by atoms with van der Waals surface area (Å²) >= 11 is 0. The second kappa shape index (κ2) is 6.16. The van der Waals surface area contributed by atoms with Gasteiger partial charge in [-0.25, -0.2) is 38.4 Å². The SMILES string of the molecule is O=C(CCC(=O)O[N+]1(O)C(=O)CCC1=O)O[N+]1(O)C(=O)CCC1=O. The summed E-state index contributed by atoms with van der Waals surface area (Å²) < 4.78 is 0. The molecule has 0 radical (unpaired) electrons. The molecule has 4 amide bonds. The summed E-state index contributed by atoms with van der Waals surface area (Å²) in [4.78, 5) is 72.9. The summed E-state index contributed by atoms with van der Waals surface area (Å²) in [5.74, 6) is -6.62. The number of imide groups is 2. The molecule has 2 N–H and O–H groups in total. The van der Waals surface area contributed by atoms with Crippen LogP contribution in [0.2, 0.25) is 0 Å². The largest absolute Gasteiger partial charge is 0.397 e. The fraction of sp³-hybridized carbons (Fsp3) is 0.500. The molecule has 2 rings (SSSR count).